The molecule has 2 rings (SSSR count). The van der Waals surface area contributed by atoms with E-state index in [4.69, 9.17) is 16.9 Å². The highest BCUT2D eigenvalue weighted by molar-refractivity contribution is 6.30. The minimum Gasteiger partial charge on any atom is -0.206 e. The van der Waals surface area contributed by atoms with Crippen LogP contribution in [0.15, 0.2) is 48.5 Å². The molecule has 0 amide bonds. The molecule has 0 saturated heterocycles. The van der Waals surface area contributed by atoms with Crippen molar-refractivity contribution in [2.45, 2.75) is 0 Å². The van der Waals surface area contributed by atoms with Gasteiger partial charge in [-0.1, -0.05) is 41.9 Å². The number of hydrogen-bond acceptors (Lipinski definition) is 1. The van der Waals surface area contributed by atoms with E-state index in [1.165, 1.54) is 6.07 Å². The Balaban J connectivity index is 2.44. The van der Waals surface area contributed by atoms with E-state index in [9.17, 15) is 4.39 Å². The Labute approximate surface area is 110 Å². The van der Waals surface area contributed by atoms with E-state index < -0.39 is 5.82 Å². The fraction of sp³-hybridized carbons (Fsp3) is 0. The van der Waals surface area contributed by atoms with Gasteiger partial charge in [-0.15, -0.1) is 0 Å². The third kappa shape index (κ3) is 2.77. The second-order valence-electron chi connectivity index (χ2n) is 3.70. The fourth-order valence-electron chi connectivity index (χ4n) is 1.58. The maximum Gasteiger partial charge on any atom is 0.131 e. The van der Waals surface area contributed by atoms with Gasteiger partial charge in [0.05, 0.1) is 11.6 Å². The van der Waals surface area contributed by atoms with Gasteiger partial charge < -0.3 is 0 Å². The van der Waals surface area contributed by atoms with Crippen LogP contribution in [0, 0.1) is 17.1 Å². The highest BCUT2D eigenvalue weighted by Crippen LogP contribution is 2.21. The second-order valence-corrected chi connectivity index (χ2v) is 4.14. The van der Waals surface area contributed by atoms with Crippen molar-refractivity contribution in [1.29, 1.82) is 5.26 Å². The maximum absolute atomic E-state index is 13.6. The van der Waals surface area contributed by atoms with Crippen molar-refractivity contribution in [2.75, 3.05) is 0 Å². The zero-order valence-corrected chi connectivity index (χ0v) is 10.2. The summed E-state index contributed by atoms with van der Waals surface area (Å²) in [5.41, 5.74) is 1.39. The van der Waals surface area contributed by atoms with E-state index in [-0.39, 0.29) is 5.57 Å². The number of nitriles is 1. The first-order valence-electron chi connectivity index (χ1n) is 5.33. The molecule has 0 aliphatic rings. The van der Waals surface area contributed by atoms with Crippen LogP contribution in [0.25, 0.3) is 11.6 Å². The fourth-order valence-corrected chi connectivity index (χ4v) is 1.70. The second kappa shape index (κ2) is 5.48. The molecule has 2 aromatic rings. The van der Waals surface area contributed by atoms with Crippen molar-refractivity contribution in [2.24, 2.45) is 0 Å². The van der Waals surface area contributed by atoms with Crippen LogP contribution in [-0.4, -0.2) is 0 Å². The van der Waals surface area contributed by atoms with Crippen LogP contribution >= 0.6 is 11.6 Å². The molecule has 0 saturated carbocycles. The number of allylic oxidation sites excluding steroid dienone is 1. The molecule has 3 heteroatoms. The monoisotopic (exact) mass is 257 g/mol. The van der Waals surface area contributed by atoms with E-state index in [0.29, 0.717) is 10.6 Å². The third-order valence-corrected chi connectivity index (χ3v) is 2.72. The van der Waals surface area contributed by atoms with E-state index in [1.54, 1.807) is 48.5 Å². The molecule has 1 nitrogen and oxygen atoms in total. The number of rotatable bonds is 2. The summed E-state index contributed by atoms with van der Waals surface area (Å²) < 4.78 is 13.6. The van der Waals surface area contributed by atoms with E-state index in [1.807, 2.05) is 6.07 Å². The lowest BCUT2D eigenvalue weighted by Gasteiger charge is -2.01. The highest BCUT2D eigenvalue weighted by atomic mass is 35.5. The highest BCUT2D eigenvalue weighted by Gasteiger charge is 2.06. The largest absolute Gasteiger partial charge is 0.206 e. The molecule has 2 aromatic carbocycles. The maximum atomic E-state index is 13.6. The van der Waals surface area contributed by atoms with Gasteiger partial charge in [-0.05, 0) is 29.8 Å². The zero-order chi connectivity index (χ0) is 13.0. The lowest BCUT2D eigenvalue weighted by atomic mass is 10.0. The third-order valence-electron chi connectivity index (χ3n) is 2.47. The van der Waals surface area contributed by atoms with Crippen LogP contribution < -0.4 is 0 Å². The normalized spacial score (nSPS) is 11.1. The summed E-state index contributed by atoms with van der Waals surface area (Å²) in [5.74, 6) is -0.403. The van der Waals surface area contributed by atoms with E-state index >= 15 is 0 Å². The van der Waals surface area contributed by atoms with Gasteiger partial charge in [0.1, 0.15) is 5.82 Å². The molecule has 0 aliphatic heterocycles. The summed E-state index contributed by atoms with van der Waals surface area (Å²) in [7, 11) is 0. The molecule has 0 aromatic heterocycles. The standard InChI is InChI=1S/C15H9ClFN/c16-13-7-5-11(6-8-13)9-12(10-18)14-3-1-2-4-15(14)17/h1-9H. The van der Waals surface area contributed by atoms with Gasteiger partial charge in [-0.25, -0.2) is 4.39 Å². The Bertz CT molecular complexity index is 624. The Morgan fingerprint density at radius 2 is 1.78 bits per heavy atom. The molecule has 0 N–H and O–H groups in total. The van der Waals surface area contributed by atoms with Gasteiger partial charge in [0.25, 0.3) is 0 Å². The van der Waals surface area contributed by atoms with Crippen molar-refractivity contribution in [3.63, 3.8) is 0 Å². The minimum atomic E-state index is -0.403. The quantitative estimate of drug-likeness (QED) is 0.572. The number of hydrogen-bond donors (Lipinski definition) is 0. The SMILES string of the molecule is N#CC(=Cc1ccc(Cl)cc1)c1ccccc1F. The molecule has 0 unspecified atom stereocenters. The van der Waals surface area contributed by atoms with Crippen molar-refractivity contribution >= 4 is 23.3 Å². The predicted molar refractivity (Wildman–Crippen MR) is 71.3 cm³/mol. The minimum absolute atomic E-state index is 0.287. The summed E-state index contributed by atoms with van der Waals surface area (Å²) in [6.45, 7) is 0. The molecule has 0 spiro atoms. The summed E-state index contributed by atoms with van der Waals surface area (Å²) in [6, 6.07) is 15.2. The van der Waals surface area contributed by atoms with Crippen molar-refractivity contribution in [1.82, 2.24) is 0 Å². The van der Waals surface area contributed by atoms with Gasteiger partial charge in [-0.3, -0.25) is 0 Å². The van der Waals surface area contributed by atoms with Gasteiger partial charge >= 0.3 is 0 Å². The molecular weight excluding hydrogens is 249 g/mol. The smallest absolute Gasteiger partial charge is 0.131 e. The van der Waals surface area contributed by atoms with Gasteiger partial charge in [0, 0.05) is 10.6 Å². The van der Waals surface area contributed by atoms with Gasteiger partial charge in [0.2, 0.25) is 0 Å². The molecule has 0 radical (unpaired) electrons. The first kappa shape index (κ1) is 12.3. The molecule has 0 aliphatic carbocycles. The lowest BCUT2D eigenvalue weighted by Crippen LogP contribution is -1.87. The zero-order valence-electron chi connectivity index (χ0n) is 9.40. The lowest BCUT2D eigenvalue weighted by molar-refractivity contribution is 0.624. The molecular formula is C15H9ClFN. The van der Waals surface area contributed by atoms with Crippen LogP contribution in [0.4, 0.5) is 4.39 Å². The molecule has 0 bridgehead atoms. The molecule has 0 fully saturated rings. The van der Waals surface area contributed by atoms with Crippen LogP contribution in [0.5, 0.6) is 0 Å². The first-order valence-corrected chi connectivity index (χ1v) is 5.71. The number of nitrogens with zero attached hydrogens (tertiary/aromatic N) is 1. The Morgan fingerprint density at radius 3 is 2.39 bits per heavy atom. The number of benzene rings is 2. The number of halogens is 2. The van der Waals surface area contributed by atoms with E-state index in [2.05, 4.69) is 0 Å². The Morgan fingerprint density at radius 1 is 1.11 bits per heavy atom. The molecule has 88 valence electrons. The predicted octanol–water partition coefficient (Wildman–Crippen LogP) is 4.54. The first-order chi connectivity index (χ1) is 8.70. The Kier molecular flexibility index (Phi) is 3.76. The van der Waals surface area contributed by atoms with Crippen LogP contribution in [0.3, 0.4) is 0 Å². The topological polar surface area (TPSA) is 23.8 Å². The summed E-state index contributed by atoms with van der Waals surface area (Å²) >= 11 is 5.78. The average Bonchev–Trinajstić information content (AvgIpc) is 2.39. The molecule has 18 heavy (non-hydrogen) atoms. The van der Waals surface area contributed by atoms with Crippen LogP contribution in [0.2, 0.25) is 5.02 Å². The van der Waals surface area contributed by atoms with Gasteiger partial charge in [0.15, 0.2) is 0 Å². The summed E-state index contributed by atoms with van der Waals surface area (Å²) in [4.78, 5) is 0. The van der Waals surface area contributed by atoms with Crippen LogP contribution in [-0.2, 0) is 0 Å². The Hall–Kier alpha value is -2.11. The molecule has 0 atom stereocenters. The van der Waals surface area contributed by atoms with Crippen molar-refractivity contribution in [3.05, 3.63) is 70.5 Å². The van der Waals surface area contributed by atoms with Crippen molar-refractivity contribution < 1.29 is 4.39 Å². The summed E-state index contributed by atoms with van der Waals surface area (Å²) in [5, 5.41) is 9.73. The summed E-state index contributed by atoms with van der Waals surface area (Å²) in [6.07, 6.45) is 1.63. The average molecular weight is 258 g/mol. The van der Waals surface area contributed by atoms with Crippen LogP contribution in [0.1, 0.15) is 11.1 Å². The van der Waals surface area contributed by atoms with E-state index in [0.717, 1.165) is 5.56 Å². The van der Waals surface area contributed by atoms with Gasteiger partial charge in [-0.2, -0.15) is 5.26 Å². The van der Waals surface area contributed by atoms with Crippen molar-refractivity contribution in [3.8, 4) is 6.07 Å². The molecule has 0 heterocycles.